The van der Waals surface area contributed by atoms with Crippen LogP contribution in [0.1, 0.15) is 35.9 Å². The Bertz CT molecular complexity index is 1090. The maximum atomic E-state index is 12.8. The number of nitrogens with one attached hydrogen (secondary N) is 2. The molecule has 162 valence electrons. The number of halogens is 3. The molecule has 0 aliphatic rings. The summed E-state index contributed by atoms with van der Waals surface area (Å²) < 4.78 is 41.0. The van der Waals surface area contributed by atoms with Gasteiger partial charge in [0.1, 0.15) is 17.3 Å². The number of nitrogens with zero attached hydrogens (tertiary/aromatic N) is 1. The third-order valence-corrected chi connectivity index (χ3v) is 4.45. The van der Waals surface area contributed by atoms with Gasteiger partial charge in [0.15, 0.2) is 0 Å². The molecule has 0 fully saturated rings. The molecule has 2 aromatic carbocycles. The van der Waals surface area contributed by atoms with Crippen LogP contribution in [0.25, 0.3) is 11.4 Å². The first-order valence-corrected chi connectivity index (χ1v) is 9.46. The monoisotopic (exact) mass is 431 g/mol. The van der Waals surface area contributed by atoms with Gasteiger partial charge >= 0.3 is 6.36 Å². The molecule has 1 atom stereocenters. The summed E-state index contributed by atoms with van der Waals surface area (Å²) in [7, 11) is 0. The summed E-state index contributed by atoms with van der Waals surface area (Å²) in [6.07, 6.45) is -4.78. The molecule has 0 radical (unpaired) electrons. The lowest BCUT2D eigenvalue weighted by Gasteiger charge is -2.23. The second kappa shape index (κ2) is 9.03. The van der Waals surface area contributed by atoms with Crippen molar-refractivity contribution in [2.45, 2.75) is 26.3 Å². The standard InChI is InChI=1S/C22H20F3N3O3/c1-13(2)19(14-8-10-16(11-9-14)31-22(23,24)25)28-21(30)17-12-18(29)27-20(26-17)15-6-4-3-5-7-15/h3-13,19H,1-2H3,(H,28,30)(H,26,27,29)/t19-/m1/s1. The minimum absolute atomic E-state index is 0.0646. The van der Waals surface area contributed by atoms with Gasteiger partial charge in [-0.15, -0.1) is 13.2 Å². The van der Waals surface area contributed by atoms with Crippen molar-refractivity contribution in [2.24, 2.45) is 5.92 Å². The third-order valence-electron chi connectivity index (χ3n) is 4.45. The number of hydrogen-bond donors (Lipinski definition) is 2. The lowest BCUT2D eigenvalue weighted by atomic mass is 9.95. The molecule has 3 aromatic rings. The molecule has 6 nitrogen and oxygen atoms in total. The van der Waals surface area contributed by atoms with Crippen molar-refractivity contribution in [1.82, 2.24) is 15.3 Å². The van der Waals surface area contributed by atoms with Crippen molar-refractivity contribution in [3.05, 3.63) is 82.3 Å². The minimum atomic E-state index is -4.78. The van der Waals surface area contributed by atoms with Gasteiger partial charge in [0.2, 0.25) is 0 Å². The lowest BCUT2D eigenvalue weighted by Crippen LogP contribution is -2.33. The van der Waals surface area contributed by atoms with Gasteiger partial charge < -0.3 is 15.0 Å². The number of ether oxygens (including phenoxy) is 1. The Morgan fingerprint density at radius 1 is 1.06 bits per heavy atom. The Kier molecular flexibility index (Phi) is 6.43. The maximum absolute atomic E-state index is 12.8. The second-order valence-corrected chi connectivity index (χ2v) is 7.16. The van der Waals surface area contributed by atoms with Crippen LogP contribution >= 0.6 is 0 Å². The molecule has 0 saturated carbocycles. The van der Waals surface area contributed by atoms with E-state index in [1.54, 1.807) is 24.3 Å². The molecule has 0 aliphatic heterocycles. The first-order valence-electron chi connectivity index (χ1n) is 9.46. The quantitative estimate of drug-likeness (QED) is 0.604. The predicted octanol–water partition coefficient (Wildman–Crippen LogP) is 4.46. The van der Waals surface area contributed by atoms with Gasteiger partial charge in [-0.3, -0.25) is 9.59 Å². The summed E-state index contributed by atoms with van der Waals surface area (Å²) in [5, 5.41) is 2.81. The van der Waals surface area contributed by atoms with Crippen molar-refractivity contribution >= 4 is 5.91 Å². The first kappa shape index (κ1) is 22.1. The Balaban J connectivity index is 1.83. The second-order valence-electron chi connectivity index (χ2n) is 7.16. The molecule has 2 N–H and O–H groups in total. The van der Waals surface area contributed by atoms with E-state index in [9.17, 15) is 22.8 Å². The molecule has 31 heavy (non-hydrogen) atoms. The highest BCUT2D eigenvalue weighted by Gasteiger charge is 2.31. The molecule has 0 unspecified atom stereocenters. The zero-order valence-corrected chi connectivity index (χ0v) is 16.7. The van der Waals surface area contributed by atoms with E-state index in [1.165, 1.54) is 24.3 Å². The molecule has 0 bridgehead atoms. The minimum Gasteiger partial charge on any atom is -0.406 e. The molecular weight excluding hydrogens is 411 g/mol. The van der Waals surface area contributed by atoms with Gasteiger partial charge in [-0.25, -0.2) is 4.98 Å². The zero-order chi connectivity index (χ0) is 22.6. The molecule has 1 heterocycles. The third kappa shape index (κ3) is 5.94. The van der Waals surface area contributed by atoms with Crippen LogP contribution in [0.4, 0.5) is 13.2 Å². The van der Waals surface area contributed by atoms with E-state index < -0.39 is 23.9 Å². The normalized spacial score (nSPS) is 12.5. The van der Waals surface area contributed by atoms with E-state index in [2.05, 4.69) is 20.0 Å². The summed E-state index contributed by atoms with van der Waals surface area (Å²) in [5.41, 5.74) is 0.694. The molecule has 0 aliphatic carbocycles. The summed E-state index contributed by atoms with van der Waals surface area (Å²) in [4.78, 5) is 31.7. The summed E-state index contributed by atoms with van der Waals surface area (Å²) in [5.74, 6) is -0.756. The van der Waals surface area contributed by atoms with Gasteiger partial charge in [-0.1, -0.05) is 56.3 Å². The fourth-order valence-electron chi connectivity index (χ4n) is 3.03. The van der Waals surface area contributed by atoms with Gasteiger partial charge in [-0.05, 0) is 23.6 Å². The lowest BCUT2D eigenvalue weighted by molar-refractivity contribution is -0.274. The smallest absolute Gasteiger partial charge is 0.406 e. The number of amides is 1. The number of H-pyrrole nitrogens is 1. The zero-order valence-electron chi connectivity index (χ0n) is 16.7. The first-order chi connectivity index (χ1) is 14.6. The number of aromatic amines is 1. The Morgan fingerprint density at radius 2 is 1.71 bits per heavy atom. The summed E-state index contributed by atoms with van der Waals surface area (Å²) >= 11 is 0. The Morgan fingerprint density at radius 3 is 2.29 bits per heavy atom. The average Bonchev–Trinajstić information content (AvgIpc) is 2.71. The van der Waals surface area contributed by atoms with Crippen LogP contribution in [0.3, 0.4) is 0 Å². The highest BCUT2D eigenvalue weighted by atomic mass is 19.4. The number of benzene rings is 2. The van der Waals surface area contributed by atoms with E-state index in [0.29, 0.717) is 11.1 Å². The molecule has 3 rings (SSSR count). The molecule has 1 aromatic heterocycles. The molecule has 0 spiro atoms. The van der Waals surface area contributed by atoms with Crippen molar-refractivity contribution in [1.29, 1.82) is 0 Å². The van der Waals surface area contributed by atoms with E-state index >= 15 is 0 Å². The number of carbonyl (C=O) groups excluding carboxylic acids is 1. The molecule has 1 amide bonds. The van der Waals surface area contributed by atoms with Crippen LogP contribution < -0.4 is 15.6 Å². The maximum Gasteiger partial charge on any atom is 0.573 e. The van der Waals surface area contributed by atoms with Crippen LogP contribution in [0.15, 0.2) is 65.5 Å². The topological polar surface area (TPSA) is 84.1 Å². The Labute approximate surface area is 176 Å². The van der Waals surface area contributed by atoms with Crippen molar-refractivity contribution in [3.8, 4) is 17.1 Å². The highest BCUT2D eigenvalue weighted by Crippen LogP contribution is 2.27. The average molecular weight is 431 g/mol. The van der Waals surface area contributed by atoms with E-state index in [4.69, 9.17) is 0 Å². The largest absolute Gasteiger partial charge is 0.573 e. The number of hydrogen-bond acceptors (Lipinski definition) is 4. The van der Waals surface area contributed by atoms with Crippen LogP contribution in [0.2, 0.25) is 0 Å². The fraction of sp³-hybridized carbons (Fsp3) is 0.227. The molecule has 0 saturated heterocycles. The van der Waals surface area contributed by atoms with Crippen molar-refractivity contribution < 1.29 is 22.7 Å². The van der Waals surface area contributed by atoms with Gasteiger partial charge in [0, 0.05) is 11.6 Å². The SMILES string of the molecule is CC(C)[C@@H](NC(=O)c1cc(=O)[nH]c(-c2ccccc2)n1)c1ccc(OC(F)(F)F)cc1. The van der Waals surface area contributed by atoms with E-state index in [1.807, 2.05) is 19.9 Å². The van der Waals surface area contributed by atoms with Gasteiger partial charge in [0.25, 0.3) is 11.5 Å². The number of aromatic nitrogens is 2. The predicted molar refractivity (Wildman–Crippen MR) is 108 cm³/mol. The van der Waals surface area contributed by atoms with Crippen molar-refractivity contribution in [2.75, 3.05) is 0 Å². The van der Waals surface area contributed by atoms with E-state index in [0.717, 1.165) is 6.07 Å². The van der Waals surface area contributed by atoms with Crippen LogP contribution in [0, 0.1) is 5.92 Å². The molecule has 9 heteroatoms. The van der Waals surface area contributed by atoms with Crippen LogP contribution in [-0.4, -0.2) is 22.2 Å². The summed E-state index contributed by atoms with van der Waals surface area (Å²) in [6, 6.07) is 14.7. The molecular formula is C22H20F3N3O3. The summed E-state index contributed by atoms with van der Waals surface area (Å²) in [6.45, 7) is 3.71. The number of carbonyl (C=O) groups is 1. The highest BCUT2D eigenvalue weighted by molar-refractivity contribution is 5.92. The van der Waals surface area contributed by atoms with E-state index in [-0.39, 0.29) is 23.2 Å². The van der Waals surface area contributed by atoms with Gasteiger partial charge in [0.05, 0.1) is 6.04 Å². The van der Waals surface area contributed by atoms with Gasteiger partial charge in [-0.2, -0.15) is 0 Å². The van der Waals surface area contributed by atoms with Crippen molar-refractivity contribution in [3.63, 3.8) is 0 Å². The Hall–Kier alpha value is -3.62. The number of rotatable bonds is 6. The van der Waals surface area contributed by atoms with Crippen LogP contribution in [-0.2, 0) is 0 Å². The number of alkyl halides is 3. The fourth-order valence-corrected chi connectivity index (χ4v) is 3.03. The van der Waals surface area contributed by atoms with Crippen LogP contribution in [0.5, 0.6) is 5.75 Å².